The largest absolute Gasteiger partial charge is 0.366 e. The number of nitrogens with zero attached hydrogens (tertiary/aromatic N) is 1. The summed E-state index contributed by atoms with van der Waals surface area (Å²) in [6.07, 6.45) is 2.07. The summed E-state index contributed by atoms with van der Waals surface area (Å²) in [5.74, 6) is 0.712. The van der Waals surface area contributed by atoms with Gasteiger partial charge in [-0.2, -0.15) is 0 Å². The van der Waals surface area contributed by atoms with Crippen LogP contribution in [0.3, 0.4) is 0 Å². The predicted octanol–water partition coefficient (Wildman–Crippen LogP) is 0.622. The third-order valence-electron chi connectivity index (χ3n) is 3.04. The molecule has 1 amide bonds. The van der Waals surface area contributed by atoms with Gasteiger partial charge in [0.1, 0.15) is 6.10 Å². The standard InChI is InChI=1S/C12H22N2O2/c1-9(2)8-14(10-3-4-10)12(15)11-7-13-5-6-16-11/h9-11,13H,3-8H2,1-2H3. The van der Waals surface area contributed by atoms with E-state index < -0.39 is 0 Å². The van der Waals surface area contributed by atoms with Crippen molar-refractivity contribution >= 4 is 5.91 Å². The first-order valence-electron chi connectivity index (χ1n) is 6.31. The van der Waals surface area contributed by atoms with E-state index >= 15 is 0 Å². The lowest BCUT2D eigenvalue weighted by Gasteiger charge is -2.31. The van der Waals surface area contributed by atoms with E-state index in [9.17, 15) is 4.79 Å². The zero-order valence-corrected chi connectivity index (χ0v) is 10.2. The van der Waals surface area contributed by atoms with Crippen molar-refractivity contribution in [2.75, 3.05) is 26.2 Å². The van der Waals surface area contributed by atoms with Crippen LogP contribution in [0.5, 0.6) is 0 Å². The summed E-state index contributed by atoms with van der Waals surface area (Å²) in [5, 5.41) is 3.21. The van der Waals surface area contributed by atoms with Gasteiger partial charge in [-0.15, -0.1) is 0 Å². The molecule has 92 valence electrons. The second-order valence-electron chi connectivity index (χ2n) is 5.18. The fourth-order valence-electron chi connectivity index (χ4n) is 2.11. The molecule has 1 saturated heterocycles. The summed E-state index contributed by atoms with van der Waals surface area (Å²) in [4.78, 5) is 14.3. The summed E-state index contributed by atoms with van der Waals surface area (Å²) in [6, 6.07) is 0.487. The number of hydrogen-bond donors (Lipinski definition) is 1. The lowest BCUT2D eigenvalue weighted by Crippen LogP contribution is -2.50. The molecule has 0 bridgehead atoms. The molecule has 1 aliphatic carbocycles. The predicted molar refractivity (Wildman–Crippen MR) is 62.2 cm³/mol. The van der Waals surface area contributed by atoms with Gasteiger partial charge in [-0.3, -0.25) is 4.79 Å². The Morgan fingerprint density at radius 3 is 2.75 bits per heavy atom. The van der Waals surface area contributed by atoms with Crippen LogP contribution in [0.25, 0.3) is 0 Å². The second-order valence-corrected chi connectivity index (χ2v) is 5.18. The van der Waals surface area contributed by atoms with Gasteiger partial charge < -0.3 is 15.0 Å². The van der Waals surface area contributed by atoms with Crippen LogP contribution in [-0.4, -0.2) is 49.2 Å². The van der Waals surface area contributed by atoms with Crippen LogP contribution in [0.15, 0.2) is 0 Å². The van der Waals surface area contributed by atoms with E-state index in [1.54, 1.807) is 0 Å². The molecule has 4 heteroatoms. The van der Waals surface area contributed by atoms with Crippen molar-refractivity contribution in [1.29, 1.82) is 0 Å². The molecule has 1 saturated carbocycles. The van der Waals surface area contributed by atoms with E-state index in [-0.39, 0.29) is 12.0 Å². The zero-order chi connectivity index (χ0) is 11.5. The van der Waals surface area contributed by atoms with Crippen molar-refractivity contribution in [3.63, 3.8) is 0 Å². The van der Waals surface area contributed by atoms with E-state index in [0.29, 0.717) is 25.1 Å². The number of nitrogens with one attached hydrogen (secondary N) is 1. The Kier molecular flexibility index (Phi) is 3.82. The van der Waals surface area contributed by atoms with E-state index in [2.05, 4.69) is 19.2 Å². The molecule has 1 heterocycles. The summed E-state index contributed by atoms with van der Waals surface area (Å²) < 4.78 is 5.53. The van der Waals surface area contributed by atoms with Crippen LogP contribution in [0, 0.1) is 5.92 Å². The summed E-state index contributed by atoms with van der Waals surface area (Å²) in [7, 11) is 0. The normalized spacial score (nSPS) is 25.8. The van der Waals surface area contributed by atoms with Gasteiger partial charge in [-0.1, -0.05) is 13.8 Å². The Hall–Kier alpha value is -0.610. The molecule has 1 atom stereocenters. The number of amides is 1. The quantitative estimate of drug-likeness (QED) is 0.764. The average Bonchev–Trinajstić information content (AvgIpc) is 3.10. The first kappa shape index (κ1) is 11.9. The molecule has 16 heavy (non-hydrogen) atoms. The van der Waals surface area contributed by atoms with E-state index in [4.69, 9.17) is 4.74 Å². The molecule has 2 fully saturated rings. The topological polar surface area (TPSA) is 41.6 Å². The maximum Gasteiger partial charge on any atom is 0.253 e. The third kappa shape index (κ3) is 2.95. The van der Waals surface area contributed by atoms with Gasteiger partial charge >= 0.3 is 0 Å². The van der Waals surface area contributed by atoms with Crippen molar-refractivity contribution in [2.45, 2.75) is 38.8 Å². The highest BCUT2D eigenvalue weighted by Gasteiger charge is 2.36. The summed E-state index contributed by atoms with van der Waals surface area (Å²) in [5.41, 5.74) is 0. The highest BCUT2D eigenvalue weighted by atomic mass is 16.5. The van der Waals surface area contributed by atoms with E-state index in [1.807, 2.05) is 4.90 Å². The minimum Gasteiger partial charge on any atom is -0.366 e. The molecule has 2 aliphatic rings. The third-order valence-corrected chi connectivity index (χ3v) is 3.04. The van der Waals surface area contributed by atoms with Gasteiger partial charge in [-0.05, 0) is 18.8 Å². The summed E-state index contributed by atoms with van der Waals surface area (Å²) in [6.45, 7) is 7.35. The van der Waals surface area contributed by atoms with E-state index in [1.165, 1.54) is 12.8 Å². The molecule has 0 aromatic heterocycles. The van der Waals surface area contributed by atoms with Crippen LogP contribution >= 0.6 is 0 Å². The number of morpholine rings is 1. The summed E-state index contributed by atoms with van der Waals surface area (Å²) >= 11 is 0. The second kappa shape index (κ2) is 5.15. The molecular formula is C12H22N2O2. The minimum absolute atomic E-state index is 0.184. The van der Waals surface area contributed by atoms with Crippen molar-refractivity contribution in [2.24, 2.45) is 5.92 Å². The Labute approximate surface area is 97.3 Å². The molecule has 0 radical (unpaired) electrons. The number of carbonyl (C=O) groups is 1. The van der Waals surface area contributed by atoms with Crippen LogP contribution in [0.4, 0.5) is 0 Å². The first-order valence-corrected chi connectivity index (χ1v) is 6.31. The Balaban J connectivity index is 1.92. The lowest BCUT2D eigenvalue weighted by atomic mass is 10.1. The van der Waals surface area contributed by atoms with Gasteiger partial charge in [0.15, 0.2) is 0 Å². The van der Waals surface area contributed by atoms with Gasteiger partial charge in [-0.25, -0.2) is 0 Å². The molecule has 0 aromatic rings. The smallest absolute Gasteiger partial charge is 0.253 e. The van der Waals surface area contributed by atoms with Crippen molar-refractivity contribution in [3.05, 3.63) is 0 Å². The van der Waals surface area contributed by atoms with Crippen molar-refractivity contribution < 1.29 is 9.53 Å². The maximum absolute atomic E-state index is 12.3. The molecule has 2 rings (SSSR count). The monoisotopic (exact) mass is 226 g/mol. The number of hydrogen-bond acceptors (Lipinski definition) is 3. The molecule has 0 spiro atoms. The van der Waals surface area contributed by atoms with Gasteiger partial charge in [0.25, 0.3) is 5.91 Å². The minimum atomic E-state index is -0.256. The van der Waals surface area contributed by atoms with Crippen LogP contribution in [0.1, 0.15) is 26.7 Å². The Morgan fingerprint density at radius 2 is 2.25 bits per heavy atom. The number of ether oxygens (including phenoxy) is 1. The van der Waals surface area contributed by atoms with Crippen LogP contribution in [0.2, 0.25) is 0 Å². The van der Waals surface area contributed by atoms with Crippen molar-refractivity contribution in [3.8, 4) is 0 Å². The number of carbonyl (C=O) groups excluding carboxylic acids is 1. The number of rotatable bonds is 4. The Bertz CT molecular complexity index is 245. The fraction of sp³-hybridized carbons (Fsp3) is 0.917. The Morgan fingerprint density at radius 1 is 1.50 bits per heavy atom. The molecule has 1 N–H and O–H groups in total. The van der Waals surface area contributed by atoms with Gasteiger partial charge in [0.2, 0.25) is 0 Å². The molecule has 0 aromatic carbocycles. The average molecular weight is 226 g/mol. The van der Waals surface area contributed by atoms with Crippen LogP contribution < -0.4 is 5.32 Å². The van der Waals surface area contributed by atoms with Crippen molar-refractivity contribution in [1.82, 2.24) is 10.2 Å². The molecule has 1 unspecified atom stereocenters. The van der Waals surface area contributed by atoms with Crippen LogP contribution in [-0.2, 0) is 9.53 Å². The molecule has 4 nitrogen and oxygen atoms in total. The lowest BCUT2D eigenvalue weighted by molar-refractivity contribution is -0.146. The first-order chi connectivity index (χ1) is 7.68. The zero-order valence-electron chi connectivity index (χ0n) is 10.2. The molecule has 1 aliphatic heterocycles. The maximum atomic E-state index is 12.3. The van der Waals surface area contributed by atoms with E-state index in [0.717, 1.165) is 13.1 Å². The highest BCUT2D eigenvalue weighted by molar-refractivity contribution is 5.82. The highest BCUT2D eigenvalue weighted by Crippen LogP contribution is 2.28. The van der Waals surface area contributed by atoms with Gasteiger partial charge in [0.05, 0.1) is 6.61 Å². The SMILES string of the molecule is CC(C)CN(C(=O)C1CNCCO1)C1CC1. The molecular weight excluding hydrogens is 204 g/mol. The fourth-order valence-corrected chi connectivity index (χ4v) is 2.11. The van der Waals surface area contributed by atoms with Gasteiger partial charge in [0, 0.05) is 25.7 Å².